The van der Waals surface area contributed by atoms with E-state index in [1.54, 1.807) is 12.1 Å². The molecule has 1 aliphatic rings. The van der Waals surface area contributed by atoms with Crippen molar-refractivity contribution in [1.82, 2.24) is 0 Å². The molecule has 0 fully saturated rings. The van der Waals surface area contributed by atoms with Crippen molar-refractivity contribution >= 4 is 15.5 Å². The predicted octanol–water partition coefficient (Wildman–Crippen LogP) is 0.936. The van der Waals surface area contributed by atoms with E-state index >= 15 is 0 Å². The van der Waals surface area contributed by atoms with Gasteiger partial charge in [0.1, 0.15) is 0 Å². The summed E-state index contributed by atoms with van der Waals surface area (Å²) in [5.41, 5.74) is 7.37. The van der Waals surface area contributed by atoms with E-state index in [1.165, 1.54) is 0 Å². The Labute approximate surface area is 102 Å². The molecule has 0 bridgehead atoms. The third-order valence-corrected chi connectivity index (χ3v) is 5.17. The van der Waals surface area contributed by atoms with Crippen molar-refractivity contribution < 1.29 is 8.42 Å². The van der Waals surface area contributed by atoms with Gasteiger partial charge in [-0.25, -0.2) is 8.42 Å². The zero-order chi connectivity index (χ0) is 12.6. The summed E-state index contributed by atoms with van der Waals surface area (Å²) in [6.07, 6.45) is 0.698. The number of para-hydroxylation sites is 1. The summed E-state index contributed by atoms with van der Waals surface area (Å²) in [5.74, 6) is 0.164. The average molecular weight is 254 g/mol. The SMILES string of the molecule is Cc1cccc2c1N(C)C(CCN)CS2(=O)=O. The number of sulfone groups is 1. The summed E-state index contributed by atoms with van der Waals surface area (Å²) in [6, 6.07) is 5.41. The van der Waals surface area contributed by atoms with Gasteiger partial charge in [0, 0.05) is 13.1 Å². The van der Waals surface area contributed by atoms with Gasteiger partial charge in [-0.3, -0.25) is 0 Å². The fourth-order valence-electron chi connectivity index (χ4n) is 2.44. The molecule has 1 aromatic carbocycles. The largest absolute Gasteiger partial charge is 0.369 e. The normalized spacial score (nSPS) is 22.3. The fraction of sp³-hybridized carbons (Fsp3) is 0.500. The second-order valence-corrected chi connectivity index (χ2v) is 6.55. The summed E-state index contributed by atoms with van der Waals surface area (Å²) < 4.78 is 24.4. The van der Waals surface area contributed by atoms with Crippen molar-refractivity contribution in [2.45, 2.75) is 24.3 Å². The topological polar surface area (TPSA) is 63.4 Å². The van der Waals surface area contributed by atoms with Gasteiger partial charge >= 0.3 is 0 Å². The van der Waals surface area contributed by atoms with Crippen LogP contribution in [-0.2, 0) is 9.84 Å². The molecule has 2 rings (SSSR count). The highest BCUT2D eigenvalue weighted by atomic mass is 32.2. The lowest BCUT2D eigenvalue weighted by Crippen LogP contribution is -2.43. The van der Waals surface area contributed by atoms with E-state index < -0.39 is 9.84 Å². The number of aryl methyl sites for hydroxylation is 1. The molecule has 0 aliphatic carbocycles. The van der Waals surface area contributed by atoms with E-state index in [1.807, 2.05) is 20.0 Å². The maximum Gasteiger partial charge on any atom is 0.182 e. The maximum absolute atomic E-state index is 12.2. The predicted molar refractivity (Wildman–Crippen MR) is 69.1 cm³/mol. The number of fused-ring (bicyclic) bond motifs is 1. The van der Waals surface area contributed by atoms with Gasteiger partial charge in [0.05, 0.1) is 16.3 Å². The number of anilines is 1. The van der Waals surface area contributed by atoms with Gasteiger partial charge in [0.15, 0.2) is 9.84 Å². The molecule has 1 atom stereocenters. The van der Waals surface area contributed by atoms with Gasteiger partial charge in [0.2, 0.25) is 0 Å². The van der Waals surface area contributed by atoms with Crippen LogP contribution in [0.25, 0.3) is 0 Å². The lowest BCUT2D eigenvalue weighted by Gasteiger charge is -2.36. The Kier molecular flexibility index (Phi) is 3.14. The minimum Gasteiger partial charge on any atom is -0.369 e. The number of hydrogen-bond donors (Lipinski definition) is 1. The molecule has 0 spiro atoms. The highest BCUT2D eigenvalue weighted by Crippen LogP contribution is 2.35. The zero-order valence-corrected chi connectivity index (χ0v) is 11.0. The van der Waals surface area contributed by atoms with Crippen molar-refractivity contribution in [3.8, 4) is 0 Å². The first-order valence-corrected chi connectivity index (χ1v) is 7.38. The smallest absolute Gasteiger partial charge is 0.182 e. The van der Waals surface area contributed by atoms with Gasteiger partial charge in [-0.15, -0.1) is 0 Å². The molecule has 0 saturated heterocycles. The number of benzene rings is 1. The van der Waals surface area contributed by atoms with Crippen LogP contribution in [-0.4, -0.2) is 33.8 Å². The van der Waals surface area contributed by atoms with Crippen molar-refractivity contribution in [3.63, 3.8) is 0 Å². The van der Waals surface area contributed by atoms with Crippen molar-refractivity contribution in [2.24, 2.45) is 5.73 Å². The van der Waals surface area contributed by atoms with Crippen LogP contribution < -0.4 is 10.6 Å². The molecule has 1 aliphatic heterocycles. The molecule has 2 N–H and O–H groups in total. The van der Waals surface area contributed by atoms with E-state index in [4.69, 9.17) is 5.73 Å². The first kappa shape index (κ1) is 12.4. The summed E-state index contributed by atoms with van der Waals surface area (Å²) >= 11 is 0. The van der Waals surface area contributed by atoms with Crippen molar-refractivity contribution in [3.05, 3.63) is 23.8 Å². The molecule has 0 radical (unpaired) electrons. The minimum absolute atomic E-state index is 0.0152. The second-order valence-electron chi connectivity index (χ2n) is 4.55. The Balaban J connectivity index is 2.58. The van der Waals surface area contributed by atoms with Gasteiger partial charge in [-0.05, 0) is 31.5 Å². The average Bonchev–Trinajstić information content (AvgIpc) is 2.25. The van der Waals surface area contributed by atoms with Crippen LogP contribution in [0.15, 0.2) is 23.1 Å². The van der Waals surface area contributed by atoms with E-state index in [-0.39, 0.29) is 11.8 Å². The minimum atomic E-state index is -3.17. The maximum atomic E-state index is 12.2. The van der Waals surface area contributed by atoms with Crippen LogP contribution in [0.1, 0.15) is 12.0 Å². The first-order chi connectivity index (χ1) is 7.97. The van der Waals surface area contributed by atoms with Crippen LogP contribution in [0, 0.1) is 6.92 Å². The third-order valence-electron chi connectivity index (χ3n) is 3.35. The molecule has 0 aromatic heterocycles. The molecule has 17 heavy (non-hydrogen) atoms. The molecule has 1 unspecified atom stereocenters. The Hall–Kier alpha value is -1.07. The molecule has 5 heteroatoms. The monoisotopic (exact) mass is 254 g/mol. The first-order valence-electron chi connectivity index (χ1n) is 5.72. The second kappa shape index (κ2) is 4.31. The molecule has 4 nitrogen and oxygen atoms in total. The molecular formula is C12H18N2O2S. The molecule has 1 heterocycles. The number of nitrogens with two attached hydrogens (primary N) is 1. The van der Waals surface area contributed by atoms with Crippen molar-refractivity contribution in [2.75, 3.05) is 24.2 Å². The fourth-order valence-corrected chi connectivity index (χ4v) is 4.40. The Morgan fingerprint density at radius 2 is 2.18 bits per heavy atom. The summed E-state index contributed by atoms with van der Waals surface area (Å²) in [5, 5.41) is 0. The van der Waals surface area contributed by atoms with E-state index in [2.05, 4.69) is 4.90 Å². The van der Waals surface area contributed by atoms with Crippen molar-refractivity contribution in [1.29, 1.82) is 0 Å². The highest BCUT2D eigenvalue weighted by molar-refractivity contribution is 7.91. The Morgan fingerprint density at radius 3 is 2.82 bits per heavy atom. The summed E-state index contributed by atoms with van der Waals surface area (Å²) in [7, 11) is -1.22. The van der Waals surface area contributed by atoms with Crippen LogP contribution in [0.4, 0.5) is 5.69 Å². The highest BCUT2D eigenvalue weighted by Gasteiger charge is 2.34. The van der Waals surface area contributed by atoms with Crippen LogP contribution in [0.2, 0.25) is 0 Å². The lowest BCUT2D eigenvalue weighted by atomic mass is 10.1. The van der Waals surface area contributed by atoms with Crippen LogP contribution >= 0.6 is 0 Å². The van der Waals surface area contributed by atoms with Crippen LogP contribution in [0.3, 0.4) is 0 Å². The summed E-state index contributed by atoms with van der Waals surface area (Å²) in [4.78, 5) is 2.51. The van der Waals surface area contributed by atoms with Gasteiger partial charge < -0.3 is 10.6 Å². The Bertz CT molecular complexity index is 525. The number of hydrogen-bond acceptors (Lipinski definition) is 4. The number of rotatable bonds is 2. The van der Waals surface area contributed by atoms with E-state index in [0.717, 1.165) is 11.3 Å². The van der Waals surface area contributed by atoms with E-state index in [9.17, 15) is 8.42 Å². The zero-order valence-electron chi connectivity index (χ0n) is 10.2. The quantitative estimate of drug-likeness (QED) is 0.853. The molecule has 1 aromatic rings. The Morgan fingerprint density at radius 1 is 1.47 bits per heavy atom. The van der Waals surface area contributed by atoms with Gasteiger partial charge in [-0.1, -0.05) is 12.1 Å². The molecule has 0 amide bonds. The lowest BCUT2D eigenvalue weighted by molar-refractivity contribution is 0.560. The van der Waals surface area contributed by atoms with Gasteiger partial charge in [-0.2, -0.15) is 0 Å². The molecule has 0 saturated carbocycles. The summed E-state index contributed by atoms with van der Waals surface area (Å²) in [6.45, 7) is 2.45. The van der Waals surface area contributed by atoms with E-state index in [0.29, 0.717) is 17.9 Å². The standard InChI is InChI=1S/C12H18N2O2S/c1-9-4-3-5-11-12(9)14(2)10(6-7-13)8-17(11,15)16/h3-5,10H,6-8,13H2,1-2H3. The number of nitrogens with zero attached hydrogens (tertiary/aromatic N) is 1. The molecule has 94 valence electrons. The van der Waals surface area contributed by atoms with Crippen LogP contribution in [0.5, 0.6) is 0 Å². The third kappa shape index (κ3) is 2.05. The molecular weight excluding hydrogens is 236 g/mol. The van der Waals surface area contributed by atoms with Gasteiger partial charge in [0.25, 0.3) is 0 Å².